The molecule has 0 saturated carbocycles. The first kappa shape index (κ1) is 10.1. The molecule has 1 N–H and O–H groups in total. The van der Waals surface area contributed by atoms with E-state index in [1.165, 1.54) is 12.0 Å². The first-order valence-electron chi connectivity index (χ1n) is 5.97. The molecule has 16 heavy (non-hydrogen) atoms. The number of fused-ring (bicyclic) bond motifs is 2. The number of nitrogens with zero attached hydrogens (tertiary/aromatic N) is 1. The Labute approximate surface area is 96.2 Å². The molecule has 0 unspecified atom stereocenters. The molecule has 0 spiro atoms. The largest absolute Gasteiger partial charge is 0.395 e. The van der Waals surface area contributed by atoms with Crippen LogP contribution in [0, 0.1) is 5.92 Å². The van der Waals surface area contributed by atoms with E-state index >= 15 is 0 Å². The first-order valence-corrected chi connectivity index (χ1v) is 5.97. The van der Waals surface area contributed by atoms with E-state index in [-0.39, 0.29) is 6.61 Å². The molecule has 3 rings (SSSR count). The van der Waals surface area contributed by atoms with Crippen LogP contribution in [-0.2, 0) is 6.54 Å². The van der Waals surface area contributed by atoms with E-state index in [1.807, 2.05) is 6.07 Å². The third-order valence-electron chi connectivity index (χ3n) is 3.84. The Bertz CT molecular complexity index is 387. The second kappa shape index (κ2) is 4.04. The van der Waals surface area contributed by atoms with Gasteiger partial charge in [0.2, 0.25) is 0 Å². The van der Waals surface area contributed by atoms with Crippen molar-refractivity contribution in [1.29, 1.82) is 0 Å². The predicted octanol–water partition coefficient (Wildman–Crippen LogP) is 1.81. The molecule has 3 atom stereocenters. The van der Waals surface area contributed by atoms with Gasteiger partial charge in [-0.15, -0.1) is 0 Å². The number of rotatable bonds is 3. The van der Waals surface area contributed by atoms with Crippen molar-refractivity contribution < 1.29 is 5.11 Å². The molecule has 0 radical (unpaired) electrons. The molecule has 84 valence electrons. The van der Waals surface area contributed by atoms with E-state index < -0.39 is 0 Å². The Morgan fingerprint density at radius 1 is 1.19 bits per heavy atom. The highest BCUT2D eigenvalue weighted by Crippen LogP contribution is 2.37. The Morgan fingerprint density at radius 2 is 2.00 bits per heavy atom. The van der Waals surface area contributed by atoms with E-state index in [9.17, 15) is 5.11 Å². The van der Waals surface area contributed by atoms with Crippen LogP contribution in [0.15, 0.2) is 42.5 Å². The van der Waals surface area contributed by atoms with E-state index in [4.69, 9.17) is 0 Å². The summed E-state index contributed by atoms with van der Waals surface area (Å²) in [5.41, 5.74) is 1.34. The highest BCUT2D eigenvalue weighted by Gasteiger charge is 2.41. The van der Waals surface area contributed by atoms with Crippen LogP contribution >= 0.6 is 0 Å². The lowest BCUT2D eigenvalue weighted by molar-refractivity contribution is 0.118. The Hall–Kier alpha value is -1.12. The third kappa shape index (κ3) is 1.58. The van der Waals surface area contributed by atoms with Gasteiger partial charge in [0.15, 0.2) is 0 Å². The maximum atomic E-state index is 9.46. The fraction of sp³-hybridized carbons (Fsp3) is 0.429. The average molecular weight is 215 g/mol. The van der Waals surface area contributed by atoms with Crippen molar-refractivity contribution in [3.63, 3.8) is 0 Å². The zero-order chi connectivity index (χ0) is 11.0. The van der Waals surface area contributed by atoms with Crippen LogP contribution in [0.25, 0.3) is 0 Å². The predicted molar refractivity (Wildman–Crippen MR) is 63.9 cm³/mol. The smallest absolute Gasteiger partial charge is 0.0592 e. The molecule has 1 saturated heterocycles. The number of aliphatic hydroxyl groups excluding tert-OH is 1. The molecular formula is C14H17NO. The van der Waals surface area contributed by atoms with Crippen molar-refractivity contribution in [2.45, 2.75) is 25.0 Å². The van der Waals surface area contributed by atoms with Crippen LogP contribution in [0.5, 0.6) is 0 Å². The standard InChI is InChI=1S/C14H17NO/c16-10-14-12-6-7-13(8-12)15(14)9-11-4-2-1-3-5-11/h1-7,12-14,16H,8-10H2/t12-,13+,14+/m0/s1. The summed E-state index contributed by atoms with van der Waals surface area (Å²) in [6.07, 6.45) is 5.75. The van der Waals surface area contributed by atoms with Gasteiger partial charge < -0.3 is 5.11 Å². The molecular weight excluding hydrogens is 198 g/mol. The highest BCUT2D eigenvalue weighted by atomic mass is 16.3. The number of aliphatic hydroxyl groups is 1. The minimum absolute atomic E-state index is 0.276. The molecule has 1 heterocycles. The summed E-state index contributed by atoms with van der Waals surface area (Å²) in [6.45, 7) is 1.23. The Balaban J connectivity index is 1.78. The average Bonchev–Trinajstić information content (AvgIpc) is 2.91. The van der Waals surface area contributed by atoms with Gasteiger partial charge in [-0.05, 0) is 17.9 Å². The van der Waals surface area contributed by atoms with Crippen molar-refractivity contribution >= 4 is 0 Å². The molecule has 2 nitrogen and oxygen atoms in total. The summed E-state index contributed by atoms with van der Waals surface area (Å²) < 4.78 is 0. The summed E-state index contributed by atoms with van der Waals surface area (Å²) >= 11 is 0. The zero-order valence-corrected chi connectivity index (χ0v) is 9.29. The lowest BCUT2D eigenvalue weighted by Gasteiger charge is -2.31. The van der Waals surface area contributed by atoms with Crippen LogP contribution in [-0.4, -0.2) is 28.7 Å². The van der Waals surface area contributed by atoms with Gasteiger partial charge in [0, 0.05) is 18.6 Å². The maximum absolute atomic E-state index is 9.46. The van der Waals surface area contributed by atoms with Gasteiger partial charge >= 0.3 is 0 Å². The number of benzene rings is 1. The van der Waals surface area contributed by atoms with Gasteiger partial charge in [-0.3, -0.25) is 4.90 Å². The van der Waals surface area contributed by atoms with Crippen molar-refractivity contribution in [2.75, 3.05) is 6.61 Å². The van der Waals surface area contributed by atoms with Crippen molar-refractivity contribution in [3.8, 4) is 0 Å². The Morgan fingerprint density at radius 3 is 2.75 bits per heavy atom. The van der Waals surface area contributed by atoms with Gasteiger partial charge in [-0.2, -0.15) is 0 Å². The van der Waals surface area contributed by atoms with E-state index in [0.717, 1.165) is 6.54 Å². The molecule has 2 bridgehead atoms. The van der Waals surface area contributed by atoms with E-state index in [0.29, 0.717) is 18.0 Å². The monoisotopic (exact) mass is 215 g/mol. The minimum atomic E-state index is 0.276. The molecule has 1 aliphatic carbocycles. The summed E-state index contributed by atoms with van der Waals surface area (Å²) in [7, 11) is 0. The van der Waals surface area contributed by atoms with Gasteiger partial charge in [0.25, 0.3) is 0 Å². The molecule has 1 aromatic carbocycles. The molecule has 2 heteroatoms. The summed E-state index contributed by atoms with van der Waals surface area (Å²) in [5.74, 6) is 0.568. The van der Waals surface area contributed by atoms with Gasteiger partial charge in [0.05, 0.1) is 6.61 Å². The van der Waals surface area contributed by atoms with Crippen molar-refractivity contribution in [3.05, 3.63) is 48.0 Å². The molecule has 2 aliphatic rings. The highest BCUT2D eigenvalue weighted by molar-refractivity contribution is 5.20. The molecule has 0 amide bonds. The quantitative estimate of drug-likeness (QED) is 0.777. The van der Waals surface area contributed by atoms with E-state index in [1.54, 1.807) is 0 Å². The summed E-state index contributed by atoms with van der Waals surface area (Å²) in [6, 6.07) is 11.4. The summed E-state index contributed by atoms with van der Waals surface area (Å²) in [5, 5.41) is 9.46. The molecule has 1 aromatic rings. The summed E-state index contributed by atoms with van der Waals surface area (Å²) in [4.78, 5) is 2.43. The third-order valence-corrected chi connectivity index (χ3v) is 3.84. The van der Waals surface area contributed by atoms with Crippen LogP contribution in [0.3, 0.4) is 0 Å². The second-order valence-corrected chi connectivity index (χ2v) is 4.76. The van der Waals surface area contributed by atoms with Crippen LogP contribution < -0.4 is 0 Å². The van der Waals surface area contributed by atoms with E-state index in [2.05, 4.69) is 41.3 Å². The Kier molecular flexibility index (Phi) is 2.54. The number of hydrogen-bond donors (Lipinski definition) is 1. The van der Waals surface area contributed by atoms with Gasteiger partial charge in [-0.25, -0.2) is 0 Å². The second-order valence-electron chi connectivity index (χ2n) is 4.76. The number of likely N-dealkylation sites (tertiary alicyclic amines) is 1. The topological polar surface area (TPSA) is 23.5 Å². The lowest BCUT2D eigenvalue weighted by Crippen LogP contribution is -2.40. The lowest BCUT2D eigenvalue weighted by atomic mass is 10.0. The fourth-order valence-electron chi connectivity index (χ4n) is 3.00. The minimum Gasteiger partial charge on any atom is -0.395 e. The van der Waals surface area contributed by atoms with Crippen molar-refractivity contribution in [2.24, 2.45) is 5.92 Å². The number of hydrogen-bond acceptors (Lipinski definition) is 2. The zero-order valence-electron chi connectivity index (χ0n) is 9.29. The molecule has 1 aliphatic heterocycles. The first-order chi connectivity index (χ1) is 7.88. The maximum Gasteiger partial charge on any atom is 0.0592 e. The van der Waals surface area contributed by atoms with Gasteiger partial charge in [-0.1, -0.05) is 42.5 Å². The molecule has 0 aromatic heterocycles. The van der Waals surface area contributed by atoms with Crippen LogP contribution in [0.4, 0.5) is 0 Å². The van der Waals surface area contributed by atoms with Gasteiger partial charge in [0.1, 0.15) is 0 Å². The van der Waals surface area contributed by atoms with Crippen LogP contribution in [0.2, 0.25) is 0 Å². The fourth-order valence-corrected chi connectivity index (χ4v) is 3.00. The van der Waals surface area contributed by atoms with Crippen LogP contribution in [0.1, 0.15) is 12.0 Å². The van der Waals surface area contributed by atoms with Crippen molar-refractivity contribution in [1.82, 2.24) is 4.90 Å². The molecule has 1 fully saturated rings. The SMILES string of the molecule is OC[C@@H]1[C@H]2C=C[C@H](C2)N1Cc1ccccc1. The normalized spacial score (nSPS) is 32.4.